The fourth-order valence-corrected chi connectivity index (χ4v) is 3.06. The summed E-state index contributed by atoms with van der Waals surface area (Å²) >= 11 is 0. The number of benzene rings is 2. The highest BCUT2D eigenvalue weighted by atomic mass is 32.2. The molecule has 140 valence electrons. The van der Waals surface area contributed by atoms with E-state index in [9.17, 15) is 13.2 Å². The predicted molar refractivity (Wildman–Crippen MR) is 102 cm³/mol. The van der Waals surface area contributed by atoms with Crippen LogP contribution in [0.1, 0.15) is 17.5 Å². The SMILES string of the molecule is CN(CCC(=O)NCCc1ccc(S(N)(=O)=O)cc1)Cc1ccccc1. The van der Waals surface area contributed by atoms with E-state index >= 15 is 0 Å². The highest BCUT2D eigenvalue weighted by molar-refractivity contribution is 7.89. The molecule has 0 unspecified atom stereocenters. The van der Waals surface area contributed by atoms with E-state index in [2.05, 4.69) is 22.3 Å². The maximum absolute atomic E-state index is 11.9. The fourth-order valence-electron chi connectivity index (χ4n) is 2.55. The van der Waals surface area contributed by atoms with Crippen molar-refractivity contribution in [3.8, 4) is 0 Å². The molecule has 0 aromatic heterocycles. The van der Waals surface area contributed by atoms with Crippen molar-refractivity contribution in [1.29, 1.82) is 0 Å². The number of nitrogens with one attached hydrogen (secondary N) is 1. The Balaban J connectivity index is 1.67. The molecule has 6 nitrogen and oxygen atoms in total. The molecule has 2 rings (SSSR count). The molecule has 1 amide bonds. The molecule has 0 radical (unpaired) electrons. The molecule has 7 heteroatoms. The minimum absolute atomic E-state index is 0.00562. The van der Waals surface area contributed by atoms with Crippen molar-refractivity contribution < 1.29 is 13.2 Å². The Hall–Kier alpha value is -2.22. The van der Waals surface area contributed by atoms with Gasteiger partial charge in [-0.3, -0.25) is 4.79 Å². The zero-order valence-electron chi connectivity index (χ0n) is 14.9. The second-order valence-electron chi connectivity index (χ2n) is 6.26. The van der Waals surface area contributed by atoms with E-state index in [0.29, 0.717) is 25.9 Å². The average molecular weight is 375 g/mol. The summed E-state index contributed by atoms with van der Waals surface area (Å²) in [5.41, 5.74) is 2.16. The minimum Gasteiger partial charge on any atom is -0.356 e. The molecule has 0 heterocycles. The fraction of sp³-hybridized carbons (Fsp3) is 0.316. The summed E-state index contributed by atoms with van der Waals surface area (Å²) in [5, 5.41) is 7.95. The first kappa shape index (κ1) is 20.1. The van der Waals surface area contributed by atoms with Crippen LogP contribution < -0.4 is 10.5 Å². The van der Waals surface area contributed by atoms with E-state index in [-0.39, 0.29) is 10.8 Å². The van der Waals surface area contributed by atoms with E-state index in [1.807, 2.05) is 25.2 Å². The third kappa shape index (κ3) is 6.95. The number of hydrogen-bond acceptors (Lipinski definition) is 4. The first-order valence-electron chi connectivity index (χ1n) is 8.45. The van der Waals surface area contributed by atoms with Crippen LogP contribution in [0.15, 0.2) is 59.5 Å². The van der Waals surface area contributed by atoms with Gasteiger partial charge in [0.1, 0.15) is 0 Å². The number of sulfonamides is 1. The summed E-state index contributed by atoms with van der Waals surface area (Å²) in [7, 11) is -1.67. The van der Waals surface area contributed by atoms with Crippen molar-refractivity contribution in [3.05, 3.63) is 65.7 Å². The van der Waals surface area contributed by atoms with Crippen molar-refractivity contribution in [2.24, 2.45) is 5.14 Å². The molecule has 0 saturated heterocycles. The third-order valence-electron chi connectivity index (χ3n) is 4.00. The zero-order valence-corrected chi connectivity index (χ0v) is 15.7. The summed E-state index contributed by atoms with van der Waals surface area (Å²) in [4.78, 5) is 14.1. The van der Waals surface area contributed by atoms with Gasteiger partial charge in [0.15, 0.2) is 0 Å². The Morgan fingerprint density at radius 3 is 2.31 bits per heavy atom. The Kier molecular flexibility index (Phi) is 7.32. The van der Waals surface area contributed by atoms with Crippen molar-refractivity contribution in [2.75, 3.05) is 20.1 Å². The van der Waals surface area contributed by atoms with Crippen LogP contribution in [-0.4, -0.2) is 39.4 Å². The van der Waals surface area contributed by atoms with E-state index < -0.39 is 10.0 Å². The van der Waals surface area contributed by atoms with E-state index in [1.54, 1.807) is 12.1 Å². The smallest absolute Gasteiger partial charge is 0.238 e. The van der Waals surface area contributed by atoms with Gasteiger partial charge in [0.2, 0.25) is 15.9 Å². The zero-order chi connectivity index (χ0) is 19.0. The van der Waals surface area contributed by atoms with Gasteiger partial charge in [0.25, 0.3) is 0 Å². The van der Waals surface area contributed by atoms with Crippen LogP contribution in [0.3, 0.4) is 0 Å². The molecule has 0 atom stereocenters. The van der Waals surface area contributed by atoms with Crippen molar-refractivity contribution in [2.45, 2.75) is 24.3 Å². The Bertz CT molecular complexity index is 806. The molecular weight excluding hydrogens is 350 g/mol. The molecule has 0 saturated carbocycles. The number of hydrogen-bond donors (Lipinski definition) is 2. The number of carbonyl (C=O) groups excluding carboxylic acids is 1. The van der Waals surface area contributed by atoms with Crippen LogP contribution in [0.2, 0.25) is 0 Å². The number of primary sulfonamides is 1. The molecular formula is C19H25N3O3S. The van der Waals surface area contributed by atoms with Gasteiger partial charge in [0, 0.05) is 26.1 Å². The molecule has 0 aliphatic heterocycles. The molecule has 3 N–H and O–H groups in total. The Labute approximate surface area is 155 Å². The van der Waals surface area contributed by atoms with Crippen LogP contribution in [0.5, 0.6) is 0 Å². The third-order valence-corrected chi connectivity index (χ3v) is 4.93. The molecule has 2 aromatic carbocycles. The van der Waals surface area contributed by atoms with Crippen LogP contribution in [0, 0.1) is 0 Å². The lowest BCUT2D eigenvalue weighted by atomic mass is 10.1. The Morgan fingerprint density at radius 1 is 1.04 bits per heavy atom. The van der Waals surface area contributed by atoms with E-state index in [0.717, 1.165) is 12.1 Å². The van der Waals surface area contributed by atoms with E-state index in [1.165, 1.54) is 17.7 Å². The number of nitrogens with zero attached hydrogens (tertiary/aromatic N) is 1. The summed E-state index contributed by atoms with van der Waals surface area (Å²) in [6.07, 6.45) is 1.07. The number of carbonyl (C=O) groups is 1. The number of nitrogens with two attached hydrogens (primary N) is 1. The summed E-state index contributed by atoms with van der Waals surface area (Å²) in [5.74, 6) is 0.00562. The average Bonchev–Trinajstić information content (AvgIpc) is 2.60. The standard InChI is InChI=1S/C19H25N3O3S/c1-22(15-17-5-3-2-4-6-17)14-12-19(23)21-13-11-16-7-9-18(10-8-16)26(20,24)25/h2-10H,11-15H2,1H3,(H,21,23)(H2,20,24,25). The summed E-state index contributed by atoms with van der Waals surface area (Å²) < 4.78 is 22.4. The topological polar surface area (TPSA) is 92.5 Å². The Morgan fingerprint density at radius 2 is 1.69 bits per heavy atom. The molecule has 0 spiro atoms. The lowest BCUT2D eigenvalue weighted by Crippen LogP contribution is -2.30. The first-order valence-corrected chi connectivity index (χ1v) is 10.00. The van der Waals surface area contributed by atoms with Crippen LogP contribution in [0.25, 0.3) is 0 Å². The molecule has 0 aliphatic rings. The maximum atomic E-state index is 11.9. The van der Waals surface area contributed by atoms with Gasteiger partial charge >= 0.3 is 0 Å². The summed E-state index contributed by atoms with van der Waals surface area (Å²) in [6, 6.07) is 16.5. The first-order chi connectivity index (χ1) is 12.3. The normalized spacial score (nSPS) is 11.5. The monoisotopic (exact) mass is 375 g/mol. The molecule has 0 aliphatic carbocycles. The highest BCUT2D eigenvalue weighted by Gasteiger charge is 2.07. The van der Waals surface area contributed by atoms with Crippen LogP contribution >= 0.6 is 0 Å². The lowest BCUT2D eigenvalue weighted by molar-refractivity contribution is -0.121. The van der Waals surface area contributed by atoms with Crippen molar-refractivity contribution in [1.82, 2.24) is 10.2 Å². The van der Waals surface area contributed by atoms with Crippen molar-refractivity contribution in [3.63, 3.8) is 0 Å². The molecule has 26 heavy (non-hydrogen) atoms. The molecule has 0 bridgehead atoms. The quantitative estimate of drug-likeness (QED) is 0.695. The number of amides is 1. The van der Waals surface area contributed by atoms with Crippen LogP contribution in [0.4, 0.5) is 0 Å². The van der Waals surface area contributed by atoms with Gasteiger partial charge in [-0.25, -0.2) is 13.6 Å². The molecule has 2 aromatic rings. The van der Waals surface area contributed by atoms with Gasteiger partial charge in [-0.15, -0.1) is 0 Å². The number of rotatable bonds is 9. The van der Waals surface area contributed by atoms with E-state index in [4.69, 9.17) is 5.14 Å². The van der Waals surface area contributed by atoms with Crippen LogP contribution in [-0.2, 0) is 27.8 Å². The van der Waals surface area contributed by atoms with Gasteiger partial charge < -0.3 is 10.2 Å². The summed E-state index contributed by atoms with van der Waals surface area (Å²) in [6.45, 7) is 2.00. The van der Waals surface area contributed by atoms with Gasteiger partial charge in [-0.1, -0.05) is 42.5 Å². The lowest BCUT2D eigenvalue weighted by Gasteiger charge is -2.16. The second kappa shape index (κ2) is 9.47. The second-order valence-corrected chi connectivity index (χ2v) is 7.82. The van der Waals surface area contributed by atoms with Crippen molar-refractivity contribution >= 4 is 15.9 Å². The predicted octanol–water partition coefficient (Wildman–Crippen LogP) is 1.51. The molecule has 0 fully saturated rings. The van der Waals surface area contributed by atoms with Gasteiger partial charge in [-0.05, 0) is 36.7 Å². The maximum Gasteiger partial charge on any atom is 0.238 e. The van der Waals surface area contributed by atoms with Gasteiger partial charge in [-0.2, -0.15) is 0 Å². The largest absolute Gasteiger partial charge is 0.356 e. The highest BCUT2D eigenvalue weighted by Crippen LogP contribution is 2.09. The van der Waals surface area contributed by atoms with Gasteiger partial charge in [0.05, 0.1) is 4.90 Å². The minimum atomic E-state index is -3.67.